The number of carbonyl (C=O) groups is 1. The molecule has 0 spiro atoms. The Bertz CT molecular complexity index is 961. The van der Waals surface area contributed by atoms with Crippen molar-refractivity contribution in [1.82, 2.24) is 15.5 Å². The lowest BCUT2D eigenvalue weighted by atomic mass is 10.1. The number of halogens is 1. The molecule has 0 saturated carbocycles. The van der Waals surface area contributed by atoms with Gasteiger partial charge in [0.25, 0.3) is 5.91 Å². The molecule has 0 aliphatic rings. The first kappa shape index (κ1) is 19.6. The van der Waals surface area contributed by atoms with Crippen LogP contribution in [0.15, 0.2) is 54.6 Å². The Kier molecular flexibility index (Phi) is 6.45. The van der Waals surface area contributed by atoms with E-state index in [0.29, 0.717) is 23.8 Å². The molecule has 0 fully saturated rings. The summed E-state index contributed by atoms with van der Waals surface area (Å²) in [7, 11) is 1.63. The molecule has 3 aromatic rings. The second kappa shape index (κ2) is 9.19. The third-order valence-electron chi connectivity index (χ3n) is 4.23. The fourth-order valence-electron chi connectivity index (χ4n) is 2.70. The average molecular weight is 397 g/mol. The Morgan fingerprint density at radius 2 is 1.93 bits per heavy atom. The number of hydrogen-bond acceptors (Lipinski definition) is 5. The van der Waals surface area contributed by atoms with Crippen molar-refractivity contribution in [3.63, 3.8) is 0 Å². The van der Waals surface area contributed by atoms with Crippen LogP contribution in [-0.4, -0.2) is 29.8 Å². The van der Waals surface area contributed by atoms with Gasteiger partial charge in [0.1, 0.15) is 5.75 Å². The quantitative estimate of drug-likeness (QED) is 0.627. The van der Waals surface area contributed by atoms with E-state index in [9.17, 15) is 4.79 Å². The fourth-order valence-corrected chi connectivity index (χ4v) is 2.87. The van der Waals surface area contributed by atoms with Crippen molar-refractivity contribution >= 4 is 29.0 Å². The van der Waals surface area contributed by atoms with Crippen LogP contribution in [0.25, 0.3) is 0 Å². The van der Waals surface area contributed by atoms with Crippen LogP contribution in [0.3, 0.4) is 0 Å². The molecule has 1 amide bonds. The first-order valence-electron chi connectivity index (χ1n) is 8.84. The third kappa shape index (κ3) is 4.98. The molecule has 1 heterocycles. The van der Waals surface area contributed by atoms with E-state index in [1.807, 2.05) is 49.4 Å². The summed E-state index contributed by atoms with van der Waals surface area (Å²) < 4.78 is 5.31. The lowest BCUT2D eigenvalue weighted by Gasteiger charge is -2.10. The van der Waals surface area contributed by atoms with Crippen molar-refractivity contribution in [3.05, 3.63) is 76.4 Å². The third-order valence-corrected chi connectivity index (χ3v) is 4.47. The summed E-state index contributed by atoms with van der Waals surface area (Å²) in [5, 5.41) is 14.7. The van der Waals surface area contributed by atoms with Crippen LogP contribution in [0.4, 0.5) is 11.5 Å². The zero-order valence-electron chi connectivity index (χ0n) is 15.7. The molecule has 0 aliphatic heterocycles. The predicted molar refractivity (Wildman–Crippen MR) is 111 cm³/mol. The van der Waals surface area contributed by atoms with Crippen LogP contribution in [0.5, 0.6) is 5.75 Å². The van der Waals surface area contributed by atoms with Gasteiger partial charge in [0, 0.05) is 17.3 Å². The molecular formula is C21H21ClN4O2. The van der Waals surface area contributed by atoms with Gasteiger partial charge in [-0.15, -0.1) is 10.2 Å². The van der Waals surface area contributed by atoms with E-state index in [1.165, 1.54) is 0 Å². The summed E-state index contributed by atoms with van der Waals surface area (Å²) in [6, 6.07) is 16.6. The molecule has 28 heavy (non-hydrogen) atoms. The SMILES string of the molecule is COc1ccccc1CCNC(=O)c1ccc(Nc2cc(Cl)ccc2C)nn1. The maximum atomic E-state index is 12.3. The number of hydrogen-bond donors (Lipinski definition) is 2. The Morgan fingerprint density at radius 1 is 1.11 bits per heavy atom. The van der Waals surface area contributed by atoms with Gasteiger partial charge in [0.05, 0.1) is 7.11 Å². The number of benzene rings is 2. The highest BCUT2D eigenvalue weighted by atomic mass is 35.5. The summed E-state index contributed by atoms with van der Waals surface area (Å²) in [6.07, 6.45) is 0.664. The van der Waals surface area contributed by atoms with E-state index in [4.69, 9.17) is 16.3 Å². The number of carbonyl (C=O) groups excluding carboxylic acids is 1. The van der Waals surface area contributed by atoms with E-state index in [-0.39, 0.29) is 11.6 Å². The Labute approximate surface area is 168 Å². The van der Waals surface area contributed by atoms with E-state index in [1.54, 1.807) is 19.2 Å². The Morgan fingerprint density at radius 3 is 2.68 bits per heavy atom. The number of aromatic nitrogens is 2. The molecule has 144 valence electrons. The minimum Gasteiger partial charge on any atom is -0.496 e. The number of anilines is 2. The van der Waals surface area contributed by atoms with Crippen molar-refractivity contribution < 1.29 is 9.53 Å². The lowest BCUT2D eigenvalue weighted by molar-refractivity contribution is 0.0948. The summed E-state index contributed by atoms with van der Waals surface area (Å²) in [4.78, 5) is 12.3. The molecule has 0 unspecified atom stereocenters. The van der Waals surface area contributed by atoms with Crippen molar-refractivity contribution in [1.29, 1.82) is 0 Å². The number of nitrogens with zero attached hydrogens (tertiary/aromatic N) is 2. The van der Waals surface area contributed by atoms with Gasteiger partial charge in [-0.05, 0) is 54.8 Å². The average Bonchev–Trinajstić information content (AvgIpc) is 2.71. The largest absolute Gasteiger partial charge is 0.496 e. The summed E-state index contributed by atoms with van der Waals surface area (Å²) in [5.41, 5.74) is 3.17. The lowest BCUT2D eigenvalue weighted by Crippen LogP contribution is -2.26. The van der Waals surface area contributed by atoms with Crippen LogP contribution in [-0.2, 0) is 6.42 Å². The van der Waals surface area contributed by atoms with Gasteiger partial charge in [-0.2, -0.15) is 0 Å². The number of rotatable bonds is 7. The van der Waals surface area contributed by atoms with E-state index >= 15 is 0 Å². The molecule has 0 bridgehead atoms. The van der Waals surface area contributed by atoms with Crippen molar-refractivity contribution in [2.24, 2.45) is 0 Å². The first-order valence-corrected chi connectivity index (χ1v) is 9.21. The molecule has 0 atom stereocenters. The van der Waals surface area contributed by atoms with Crippen LogP contribution >= 0.6 is 11.6 Å². The van der Waals surface area contributed by atoms with E-state index in [2.05, 4.69) is 20.8 Å². The van der Waals surface area contributed by atoms with Crippen LogP contribution in [0, 0.1) is 6.92 Å². The fraction of sp³-hybridized carbons (Fsp3) is 0.190. The van der Waals surface area contributed by atoms with Gasteiger partial charge >= 0.3 is 0 Å². The van der Waals surface area contributed by atoms with Crippen LogP contribution in [0.2, 0.25) is 5.02 Å². The van der Waals surface area contributed by atoms with Gasteiger partial charge in [-0.25, -0.2) is 0 Å². The van der Waals surface area contributed by atoms with Gasteiger partial charge in [0.2, 0.25) is 0 Å². The number of amides is 1. The molecule has 6 nitrogen and oxygen atoms in total. The molecule has 0 saturated heterocycles. The maximum Gasteiger partial charge on any atom is 0.271 e. The minimum atomic E-state index is -0.270. The Balaban J connectivity index is 1.57. The molecular weight excluding hydrogens is 376 g/mol. The molecule has 7 heteroatoms. The number of nitrogens with one attached hydrogen (secondary N) is 2. The molecule has 3 rings (SSSR count). The number of aryl methyl sites for hydroxylation is 1. The predicted octanol–water partition coefficient (Wildman–Crippen LogP) is 4.16. The van der Waals surface area contributed by atoms with E-state index < -0.39 is 0 Å². The van der Waals surface area contributed by atoms with Crippen molar-refractivity contribution in [2.75, 3.05) is 19.0 Å². The minimum absolute atomic E-state index is 0.258. The normalized spacial score (nSPS) is 10.4. The first-order chi connectivity index (χ1) is 13.6. The molecule has 0 aliphatic carbocycles. The highest BCUT2D eigenvalue weighted by Gasteiger charge is 2.09. The maximum absolute atomic E-state index is 12.3. The number of para-hydroxylation sites is 1. The highest BCUT2D eigenvalue weighted by molar-refractivity contribution is 6.30. The smallest absolute Gasteiger partial charge is 0.271 e. The molecule has 2 N–H and O–H groups in total. The highest BCUT2D eigenvalue weighted by Crippen LogP contribution is 2.23. The standard InChI is InChI=1S/C21H21ClN4O2/c1-14-7-8-16(22)13-18(14)24-20-10-9-17(25-26-20)21(27)23-12-11-15-5-3-4-6-19(15)28-2/h3-10,13H,11-12H2,1-2H3,(H,23,27)(H,24,26). The zero-order chi connectivity index (χ0) is 19.9. The Hall–Kier alpha value is -3.12. The number of methoxy groups -OCH3 is 1. The molecule has 0 radical (unpaired) electrons. The van der Waals surface area contributed by atoms with Crippen LogP contribution < -0.4 is 15.4 Å². The molecule has 1 aromatic heterocycles. The van der Waals surface area contributed by atoms with Gasteiger partial charge < -0.3 is 15.4 Å². The van der Waals surface area contributed by atoms with E-state index in [0.717, 1.165) is 22.6 Å². The second-order valence-electron chi connectivity index (χ2n) is 6.21. The summed E-state index contributed by atoms with van der Waals surface area (Å²) in [5.74, 6) is 1.08. The van der Waals surface area contributed by atoms with Gasteiger partial charge in [-0.3, -0.25) is 4.79 Å². The van der Waals surface area contributed by atoms with Gasteiger partial charge in [0.15, 0.2) is 11.5 Å². The van der Waals surface area contributed by atoms with Crippen LogP contribution in [0.1, 0.15) is 21.6 Å². The monoisotopic (exact) mass is 396 g/mol. The van der Waals surface area contributed by atoms with Crippen molar-refractivity contribution in [2.45, 2.75) is 13.3 Å². The summed E-state index contributed by atoms with van der Waals surface area (Å²) >= 11 is 6.02. The zero-order valence-corrected chi connectivity index (χ0v) is 16.5. The molecule has 2 aromatic carbocycles. The van der Waals surface area contributed by atoms with Crippen molar-refractivity contribution in [3.8, 4) is 5.75 Å². The summed E-state index contributed by atoms with van der Waals surface area (Å²) in [6.45, 7) is 2.44. The topological polar surface area (TPSA) is 76.1 Å². The number of ether oxygens (including phenoxy) is 1. The second-order valence-corrected chi connectivity index (χ2v) is 6.64. The van der Waals surface area contributed by atoms with Gasteiger partial charge in [-0.1, -0.05) is 35.9 Å².